The second kappa shape index (κ2) is 6.52. The molecule has 4 heteroatoms. The fourth-order valence-electron chi connectivity index (χ4n) is 4.34. The maximum atomic E-state index is 12.7. The SMILES string of the molecule is CNCCCC1c2cccc3c2N(CC3)c2ccccc2N1C(C)=O. The smallest absolute Gasteiger partial charge is 0.224 e. The lowest BCUT2D eigenvalue weighted by molar-refractivity contribution is -0.117. The molecule has 0 fully saturated rings. The van der Waals surface area contributed by atoms with Gasteiger partial charge in [0.25, 0.3) is 0 Å². The van der Waals surface area contributed by atoms with Crippen molar-refractivity contribution in [3.63, 3.8) is 0 Å². The molecule has 1 amide bonds. The maximum Gasteiger partial charge on any atom is 0.224 e. The molecule has 4 rings (SSSR count). The normalized spacial score (nSPS) is 17.9. The van der Waals surface area contributed by atoms with Crippen molar-refractivity contribution in [3.05, 3.63) is 53.6 Å². The Bertz CT molecular complexity index is 801. The molecular formula is C21H25N3O. The first-order valence-corrected chi connectivity index (χ1v) is 9.15. The van der Waals surface area contributed by atoms with Gasteiger partial charge in [0.1, 0.15) is 0 Å². The largest absolute Gasteiger partial charge is 0.339 e. The first-order valence-electron chi connectivity index (χ1n) is 9.15. The minimum atomic E-state index is 0.0880. The number of benzene rings is 2. The van der Waals surface area contributed by atoms with E-state index in [2.05, 4.69) is 46.6 Å². The van der Waals surface area contributed by atoms with Crippen LogP contribution in [0.25, 0.3) is 0 Å². The Balaban J connectivity index is 1.91. The Morgan fingerprint density at radius 3 is 2.72 bits per heavy atom. The number of carbonyl (C=O) groups excluding carboxylic acids is 1. The minimum Gasteiger partial charge on any atom is -0.339 e. The molecule has 0 aliphatic carbocycles. The highest BCUT2D eigenvalue weighted by Crippen LogP contribution is 2.50. The van der Waals surface area contributed by atoms with Gasteiger partial charge in [0.05, 0.1) is 17.4 Å². The van der Waals surface area contributed by atoms with Crippen molar-refractivity contribution >= 4 is 23.0 Å². The van der Waals surface area contributed by atoms with Gasteiger partial charge in [0.2, 0.25) is 5.91 Å². The van der Waals surface area contributed by atoms with E-state index in [0.717, 1.165) is 43.7 Å². The van der Waals surface area contributed by atoms with Crippen molar-refractivity contribution in [1.29, 1.82) is 0 Å². The van der Waals surface area contributed by atoms with Gasteiger partial charge in [-0.25, -0.2) is 0 Å². The van der Waals surface area contributed by atoms with E-state index in [1.807, 2.05) is 18.0 Å². The molecule has 0 saturated heterocycles. The number of amides is 1. The Hall–Kier alpha value is -2.33. The Morgan fingerprint density at radius 2 is 1.96 bits per heavy atom. The second-order valence-corrected chi connectivity index (χ2v) is 6.90. The van der Waals surface area contributed by atoms with Gasteiger partial charge in [0, 0.05) is 19.2 Å². The van der Waals surface area contributed by atoms with E-state index in [1.54, 1.807) is 6.92 Å². The molecule has 1 N–H and O–H groups in total. The van der Waals surface area contributed by atoms with Crippen molar-refractivity contribution in [1.82, 2.24) is 5.32 Å². The Labute approximate surface area is 149 Å². The predicted octanol–water partition coefficient (Wildman–Crippen LogP) is 3.79. The summed E-state index contributed by atoms with van der Waals surface area (Å²) in [6, 6.07) is 15.0. The number of nitrogens with one attached hydrogen (secondary N) is 1. The summed E-state index contributed by atoms with van der Waals surface area (Å²) in [5.74, 6) is 0.112. The highest BCUT2D eigenvalue weighted by Gasteiger charge is 2.36. The third-order valence-electron chi connectivity index (χ3n) is 5.37. The number of carbonyl (C=O) groups is 1. The van der Waals surface area contributed by atoms with Gasteiger partial charge in [-0.15, -0.1) is 0 Å². The zero-order valence-corrected chi connectivity index (χ0v) is 15.0. The fraction of sp³-hybridized carbons (Fsp3) is 0.381. The van der Waals surface area contributed by atoms with Crippen molar-refractivity contribution in [2.24, 2.45) is 0 Å². The topological polar surface area (TPSA) is 35.6 Å². The van der Waals surface area contributed by atoms with Crippen molar-refractivity contribution in [2.75, 3.05) is 29.9 Å². The third-order valence-corrected chi connectivity index (χ3v) is 5.37. The quantitative estimate of drug-likeness (QED) is 0.864. The number of anilines is 3. The summed E-state index contributed by atoms with van der Waals surface area (Å²) in [6.45, 7) is 3.63. The molecule has 1 atom stereocenters. The average Bonchev–Trinajstić information content (AvgIpc) is 3.00. The first-order chi connectivity index (χ1) is 12.2. The van der Waals surface area contributed by atoms with Crippen LogP contribution in [-0.2, 0) is 11.2 Å². The van der Waals surface area contributed by atoms with Crippen LogP contribution in [0, 0.1) is 0 Å². The molecule has 2 aromatic rings. The average molecular weight is 335 g/mol. The fourth-order valence-corrected chi connectivity index (χ4v) is 4.34. The molecule has 0 bridgehead atoms. The van der Waals surface area contributed by atoms with Crippen molar-refractivity contribution in [2.45, 2.75) is 32.2 Å². The number of para-hydroxylation sites is 3. The van der Waals surface area contributed by atoms with Crippen LogP contribution < -0.4 is 15.1 Å². The Morgan fingerprint density at radius 1 is 1.16 bits per heavy atom. The zero-order chi connectivity index (χ0) is 17.4. The summed E-state index contributed by atoms with van der Waals surface area (Å²) in [7, 11) is 1.98. The highest BCUT2D eigenvalue weighted by atomic mass is 16.2. The van der Waals surface area contributed by atoms with Crippen LogP contribution in [0.2, 0.25) is 0 Å². The summed E-state index contributed by atoms with van der Waals surface area (Å²) in [5.41, 5.74) is 6.20. The van der Waals surface area contributed by atoms with Crippen LogP contribution in [0.1, 0.15) is 36.9 Å². The van der Waals surface area contributed by atoms with Crippen LogP contribution in [0.5, 0.6) is 0 Å². The number of hydrogen-bond donors (Lipinski definition) is 1. The van der Waals surface area contributed by atoms with Crippen molar-refractivity contribution in [3.8, 4) is 0 Å². The first kappa shape index (κ1) is 16.2. The highest BCUT2D eigenvalue weighted by molar-refractivity contribution is 5.99. The molecule has 0 spiro atoms. The van der Waals surface area contributed by atoms with Gasteiger partial charge in [-0.1, -0.05) is 30.3 Å². The zero-order valence-electron chi connectivity index (χ0n) is 15.0. The number of nitrogens with zero attached hydrogens (tertiary/aromatic N) is 2. The van der Waals surface area contributed by atoms with E-state index in [-0.39, 0.29) is 11.9 Å². The van der Waals surface area contributed by atoms with Crippen LogP contribution in [-0.4, -0.2) is 26.0 Å². The lowest BCUT2D eigenvalue weighted by Crippen LogP contribution is -2.33. The summed E-state index contributed by atoms with van der Waals surface area (Å²) < 4.78 is 0. The van der Waals surface area contributed by atoms with E-state index in [0.29, 0.717) is 0 Å². The standard InChI is InChI=1S/C21H25N3O/c1-15(25)24-18(11-6-13-22-2)17-8-5-7-16-12-14-23(21(16)17)19-9-3-4-10-20(19)24/h3-5,7-10,18,22H,6,11-14H2,1-2H3. The lowest BCUT2D eigenvalue weighted by Gasteiger charge is -2.31. The van der Waals surface area contributed by atoms with Crippen molar-refractivity contribution < 1.29 is 4.79 Å². The molecule has 0 saturated carbocycles. The molecular weight excluding hydrogens is 310 g/mol. The van der Waals surface area contributed by atoms with Gasteiger partial charge >= 0.3 is 0 Å². The molecule has 2 aromatic carbocycles. The second-order valence-electron chi connectivity index (χ2n) is 6.90. The number of hydrogen-bond acceptors (Lipinski definition) is 3. The molecule has 130 valence electrons. The van der Waals surface area contributed by atoms with Gasteiger partial charge in [-0.3, -0.25) is 4.79 Å². The minimum absolute atomic E-state index is 0.0880. The van der Waals surface area contributed by atoms with Gasteiger partial charge in [-0.05, 0) is 56.1 Å². The van der Waals surface area contributed by atoms with Crippen LogP contribution in [0.4, 0.5) is 17.1 Å². The lowest BCUT2D eigenvalue weighted by atomic mass is 9.96. The van der Waals surface area contributed by atoms with E-state index in [9.17, 15) is 4.79 Å². The third kappa shape index (κ3) is 2.61. The molecule has 0 aromatic heterocycles. The van der Waals surface area contributed by atoms with Gasteiger partial charge < -0.3 is 15.1 Å². The molecule has 2 heterocycles. The molecule has 25 heavy (non-hydrogen) atoms. The molecule has 0 radical (unpaired) electrons. The van der Waals surface area contributed by atoms with Crippen LogP contribution in [0.3, 0.4) is 0 Å². The molecule has 1 unspecified atom stereocenters. The van der Waals surface area contributed by atoms with Crippen LogP contribution in [0.15, 0.2) is 42.5 Å². The van der Waals surface area contributed by atoms with E-state index >= 15 is 0 Å². The monoisotopic (exact) mass is 335 g/mol. The van der Waals surface area contributed by atoms with Gasteiger partial charge in [-0.2, -0.15) is 0 Å². The molecule has 2 aliphatic rings. The summed E-state index contributed by atoms with van der Waals surface area (Å²) in [4.78, 5) is 17.1. The summed E-state index contributed by atoms with van der Waals surface area (Å²) in [6.07, 6.45) is 3.07. The predicted molar refractivity (Wildman–Crippen MR) is 103 cm³/mol. The number of fused-ring (bicyclic) bond motifs is 2. The van der Waals surface area contributed by atoms with Crippen LogP contribution >= 0.6 is 0 Å². The summed E-state index contributed by atoms with van der Waals surface area (Å²) in [5, 5.41) is 3.23. The number of rotatable bonds is 4. The van der Waals surface area contributed by atoms with E-state index in [4.69, 9.17) is 0 Å². The van der Waals surface area contributed by atoms with E-state index < -0.39 is 0 Å². The summed E-state index contributed by atoms with van der Waals surface area (Å²) >= 11 is 0. The maximum absolute atomic E-state index is 12.7. The van der Waals surface area contributed by atoms with E-state index in [1.165, 1.54) is 16.8 Å². The Kier molecular flexibility index (Phi) is 4.22. The molecule has 4 nitrogen and oxygen atoms in total. The molecule has 2 aliphatic heterocycles. The van der Waals surface area contributed by atoms with Gasteiger partial charge in [0.15, 0.2) is 0 Å².